The van der Waals surface area contributed by atoms with Crippen molar-refractivity contribution in [1.82, 2.24) is 20.9 Å². The second-order valence-electron chi connectivity index (χ2n) is 17.4. The van der Waals surface area contributed by atoms with Gasteiger partial charge in [0.2, 0.25) is 0 Å². The van der Waals surface area contributed by atoms with Crippen LogP contribution in [-0.2, 0) is 28.6 Å². The van der Waals surface area contributed by atoms with Gasteiger partial charge in [0.1, 0.15) is 25.1 Å². The summed E-state index contributed by atoms with van der Waals surface area (Å²) in [6, 6.07) is 32.7. The number of fused-ring (bicyclic) bond motifs is 6. The van der Waals surface area contributed by atoms with Crippen molar-refractivity contribution in [1.29, 1.82) is 0 Å². The van der Waals surface area contributed by atoms with Crippen LogP contribution in [0.5, 0.6) is 0 Å². The van der Waals surface area contributed by atoms with Crippen molar-refractivity contribution in [2.24, 2.45) is 11.8 Å². The second-order valence-corrected chi connectivity index (χ2v) is 17.4. The van der Waals surface area contributed by atoms with Crippen LogP contribution in [0.2, 0.25) is 0 Å². The Hall–Kier alpha value is -6.74. The summed E-state index contributed by atoms with van der Waals surface area (Å²) < 4.78 is 16.4. The third kappa shape index (κ3) is 16.3. The predicted octanol–water partition coefficient (Wildman–Crippen LogP) is 8.69. The molecule has 0 saturated heterocycles. The number of ether oxygens (including phenoxy) is 3. The minimum atomic E-state index is -0.925. The van der Waals surface area contributed by atoms with Crippen LogP contribution in [0.25, 0.3) is 22.3 Å². The van der Waals surface area contributed by atoms with Crippen LogP contribution in [0.15, 0.2) is 97.1 Å². The monoisotopic (exact) mass is 922 g/mol. The van der Waals surface area contributed by atoms with Gasteiger partial charge in [-0.2, -0.15) is 0 Å². The highest BCUT2D eigenvalue weighted by Crippen LogP contribution is 2.45. The van der Waals surface area contributed by atoms with E-state index in [-0.39, 0.29) is 50.4 Å². The van der Waals surface area contributed by atoms with Gasteiger partial charge in [0.15, 0.2) is 0 Å². The maximum absolute atomic E-state index is 12.6. The molecule has 0 saturated carbocycles. The molecule has 0 radical (unpaired) electrons. The zero-order valence-electron chi connectivity index (χ0n) is 39.4. The normalized spacial score (nSPS) is 13.0. The minimum absolute atomic E-state index is 0.0380. The Kier molecular flexibility index (Phi) is 20.8. The SMILES string of the molecule is CCC=O.C[C@@H](CCN(CCNC(=O)OCC1c2ccccc2-c2ccccc21)C(=O)OC(C)(C)C)C(=O)O.C[C@@H](CCNCCNC(=O)OCC1c2ccccc2-c2ccccc21)C(=O)O. The van der Waals surface area contributed by atoms with Crippen molar-refractivity contribution in [3.63, 3.8) is 0 Å². The first kappa shape index (κ1) is 52.9. The van der Waals surface area contributed by atoms with Crippen molar-refractivity contribution in [2.75, 3.05) is 52.5 Å². The van der Waals surface area contributed by atoms with E-state index in [0.717, 1.165) is 28.5 Å². The number of amides is 3. The number of benzene rings is 4. The van der Waals surface area contributed by atoms with Gasteiger partial charge in [0.05, 0.1) is 11.8 Å². The fourth-order valence-corrected chi connectivity index (χ4v) is 7.51. The molecular formula is C52H66N4O11. The summed E-state index contributed by atoms with van der Waals surface area (Å²) in [5, 5.41) is 26.5. The van der Waals surface area contributed by atoms with E-state index < -0.39 is 41.7 Å². The number of aldehydes is 1. The van der Waals surface area contributed by atoms with E-state index in [2.05, 4.69) is 64.5 Å². The lowest BCUT2D eigenvalue weighted by Crippen LogP contribution is -2.42. The second kappa shape index (κ2) is 26.4. The minimum Gasteiger partial charge on any atom is -0.481 e. The quantitative estimate of drug-likeness (QED) is 0.0340. The fraction of sp³-hybridized carbons (Fsp3) is 0.423. The number of carbonyl (C=O) groups excluding carboxylic acids is 4. The molecule has 6 rings (SSSR count). The summed E-state index contributed by atoms with van der Waals surface area (Å²) >= 11 is 0. The lowest BCUT2D eigenvalue weighted by atomic mass is 9.98. The van der Waals surface area contributed by atoms with E-state index >= 15 is 0 Å². The first-order chi connectivity index (χ1) is 32.1. The van der Waals surface area contributed by atoms with Gasteiger partial charge in [-0.25, -0.2) is 14.4 Å². The molecule has 5 N–H and O–H groups in total. The summed E-state index contributed by atoms with van der Waals surface area (Å²) in [6.07, 6.45) is 0.779. The standard InChI is InChI=1S/C27H34N2O6.C22H26N2O4.C3H6O/c1-18(24(30)31)13-15-29(26(33)35-27(2,3)4)16-14-28-25(32)34-17-23-21-11-7-5-9-19(21)20-10-6-8-12-22(20)23;1-15(21(25)26)10-11-23-12-13-24-22(27)28-14-20-18-8-4-2-6-16(18)17-7-3-5-9-19(17)20;1-2-3-4/h5-12,18,23H,13-17H2,1-4H3,(H,28,32)(H,30,31);2-9,15,20,23H,10-14H2,1H3,(H,24,27)(H,25,26);3H,2H2,1H3/t18-;15-;/m00./s1. The number of nitrogens with zero attached hydrogens (tertiary/aromatic N) is 1. The number of rotatable bonds is 19. The van der Waals surface area contributed by atoms with Crippen LogP contribution >= 0.6 is 0 Å². The number of carboxylic acid groups (broad SMARTS) is 2. The summed E-state index contributed by atoms with van der Waals surface area (Å²) in [6.45, 7) is 13.0. The molecule has 15 nitrogen and oxygen atoms in total. The molecule has 0 aromatic heterocycles. The van der Waals surface area contributed by atoms with E-state index in [1.165, 1.54) is 27.2 Å². The highest BCUT2D eigenvalue weighted by atomic mass is 16.6. The van der Waals surface area contributed by atoms with Crippen LogP contribution in [0.4, 0.5) is 14.4 Å². The number of alkyl carbamates (subject to hydrolysis) is 2. The van der Waals surface area contributed by atoms with E-state index in [1.807, 2.05) is 55.5 Å². The lowest BCUT2D eigenvalue weighted by Gasteiger charge is -2.28. The van der Waals surface area contributed by atoms with Gasteiger partial charge < -0.3 is 50.1 Å². The summed E-state index contributed by atoms with van der Waals surface area (Å²) in [4.78, 5) is 69.5. The molecule has 0 heterocycles. The van der Waals surface area contributed by atoms with Gasteiger partial charge in [0, 0.05) is 51.0 Å². The molecule has 4 aromatic carbocycles. The Balaban J connectivity index is 0.000000276. The van der Waals surface area contributed by atoms with E-state index in [1.54, 1.807) is 34.6 Å². The van der Waals surface area contributed by atoms with Crippen molar-refractivity contribution in [3.8, 4) is 22.3 Å². The average molecular weight is 923 g/mol. The molecule has 0 fully saturated rings. The smallest absolute Gasteiger partial charge is 0.410 e. The Morgan fingerprint density at radius 1 is 0.612 bits per heavy atom. The third-order valence-corrected chi connectivity index (χ3v) is 11.2. The topological polar surface area (TPSA) is 210 Å². The molecule has 2 aliphatic carbocycles. The van der Waals surface area contributed by atoms with Crippen LogP contribution in [0, 0.1) is 11.8 Å². The largest absolute Gasteiger partial charge is 0.481 e. The van der Waals surface area contributed by atoms with Gasteiger partial charge in [-0.15, -0.1) is 0 Å². The van der Waals surface area contributed by atoms with Crippen LogP contribution in [-0.4, -0.2) is 110 Å². The summed E-state index contributed by atoms with van der Waals surface area (Å²) in [5.74, 6) is -2.68. The number of aliphatic carboxylic acids is 2. The highest BCUT2D eigenvalue weighted by molar-refractivity contribution is 5.80. The molecule has 3 amide bonds. The molecule has 15 heteroatoms. The zero-order chi connectivity index (χ0) is 48.9. The maximum atomic E-state index is 12.6. The van der Waals surface area contributed by atoms with Gasteiger partial charge >= 0.3 is 30.2 Å². The number of carboxylic acids is 2. The van der Waals surface area contributed by atoms with Crippen LogP contribution in [0.1, 0.15) is 94.9 Å². The molecule has 0 unspecified atom stereocenters. The van der Waals surface area contributed by atoms with Gasteiger partial charge in [-0.3, -0.25) is 9.59 Å². The molecule has 4 aromatic rings. The predicted molar refractivity (Wildman–Crippen MR) is 256 cm³/mol. The zero-order valence-corrected chi connectivity index (χ0v) is 39.4. The Bertz CT molecular complexity index is 2180. The molecule has 2 atom stereocenters. The van der Waals surface area contributed by atoms with Crippen LogP contribution in [0.3, 0.4) is 0 Å². The molecule has 2 aliphatic rings. The first-order valence-electron chi connectivity index (χ1n) is 22.8. The van der Waals surface area contributed by atoms with Crippen molar-refractivity contribution < 1.29 is 53.2 Å². The van der Waals surface area contributed by atoms with Crippen molar-refractivity contribution in [2.45, 2.75) is 78.2 Å². The van der Waals surface area contributed by atoms with E-state index in [9.17, 15) is 28.8 Å². The lowest BCUT2D eigenvalue weighted by molar-refractivity contribution is -0.142. The molecule has 67 heavy (non-hydrogen) atoms. The summed E-state index contributed by atoms with van der Waals surface area (Å²) in [7, 11) is 0. The number of hydrogen-bond donors (Lipinski definition) is 5. The van der Waals surface area contributed by atoms with E-state index in [0.29, 0.717) is 39.1 Å². The van der Waals surface area contributed by atoms with Crippen LogP contribution < -0.4 is 16.0 Å². The van der Waals surface area contributed by atoms with Gasteiger partial charge in [-0.05, 0) is 84.7 Å². The number of carbonyl (C=O) groups is 6. The first-order valence-corrected chi connectivity index (χ1v) is 22.8. The Morgan fingerprint density at radius 2 is 1.00 bits per heavy atom. The Morgan fingerprint density at radius 3 is 1.39 bits per heavy atom. The van der Waals surface area contributed by atoms with Crippen molar-refractivity contribution in [3.05, 3.63) is 119 Å². The van der Waals surface area contributed by atoms with Gasteiger partial charge in [0.25, 0.3) is 0 Å². The van der Waals surface area contributed by atoms with Gasteiger partial charge in [-0.1, -0.05) is 118 Å². The van der Waals surface area contributed by atoms with E-state index in [4.69, 9.17) is 24.4 Å². The highest BCUT2D eigenvalue weighted by Gasteiger charge is 2.31. The third-order valence-electron chi connectivity index (χ3n) is 11.2. The summed E-state index contributed by atoms with van der Waals surface area (Å²) in [5.41, 5.74) is 8.65. The maximum Gasteiger partial charge on any atom is 0.410 e. The number of nitrogens with one attached hydrogen (secondary N) is 3. The van der Waals surface area contributed by atoms with Crippen molar-refractivity contribution >= 4 is 36.5 Å². The molecule has 0 spiro atoms. The molecule has 0 bridgehead atoms. The number of hydrogen-bond acceptors (Lipinski definition) is 10. The molecule has 0 aliphatic heterocycles. The molecule has 360 valence electrons. The molecular weight excluding hydrogens is 857 g/mol. The fourth-order valence-electron chi connectivity index (χ4n) is 7.51. The Labute approximate surface area is 393 Å². The average Bonchev–Trinajstić information content (AvgIpc) is 3.81.